The Kier molecular flexibility index (Phi) is 9.55. The number of hydrogen-bond donors (Lipinski definition) is 2. The molecule has 0 bridgehead atoms. The van der Waals surface area contributed by atoms with Gasteiger partial charge in [0.1, 0.15) is 6.61 Å². The van der Waals surface area contributed by atoms with Crippen LogP contribution in [-0.2, 0) is 22.6 Å². The van der Waals surface area contributed by atoms with E-state index in [-0.39, 0.29) is 0 Å². The second-order valence-corrected chi connectivity index (χ2v) is 8.68. The lowest BCUT2D eigenvalue weighted by molar-refractivity contribution is -0.134. The maximum Gasteiger partial charge on any atom is 0.328 e. The van der Waals surface area contributed by atoms with Crippen LogP contribution >= 0.6 is 0 Å². The van der Waals surface area contributed by atoms with Crippen LogP contribution in [0.2, 0.25) is 0 Å². The molecule has 2 N–H and O–H groups in total. The number of aromatic nitrogens is 2. The van der Waals surface area contributed by atoms with E-state index in [1.165, 1.54) is 76.8 Å². The third-order valence-electron chi connectivity index (χ3n) is 6.38. The molecule has 0 amide bonds. The summed E-state index contributed by atoms with van der Waals surface area (Å²) < 4.78 is 8.05. The zero-order valence-corrected chi connectivity index (χ0v) is 18.8. The first kappa shape index (κ1) is 24.3. The second kappa shape index (κ2) is 12.6. The SMILES string of the molecule is O=C(O)C=CC(=O)O.c1c(OCCN2CCC(N3CCCCC3)CC2)nn2c1CCCC2. The lowest BCUT2D eigenvalue weighted by atomic mass is 10.00. The maximum absolute atomic E-state index is 9.55. The van der Waals surface area contributed by atoms with E-state index in [2.05, 4.69) is 25.6 Å². The molecule has 4 heterocycles. The molecule has 3 aliphatic rings. The Hall–Kier alpha value is -2.39. The molecular formula is C23H36N4O5. The molecule has 9 heteroatoms. The van der Waals surface area contributed by atoms with E-state index < -0.39 is 11.9 Å². The highest BCUT2D eigenvalue weighted by Gasteiger charge is 2.25. The molecule has 0 aliphatic carbocycles. The molecule has 9 nitrogen and oxygen atoms in total. The Morgan fingerprint density at radius 3 is 2.25 bits per heavy atom. The molecule has 2 fully saturated rings. The second-order valence-electron chi connectivity index (χ2n) is 8.68. The van der Waals surface area contributed by atoms with Gasteiger partial charge in [-0.15, -0.1) is 5.10 Å². The molecule has 3 aliphatic heterocycles. The number of carboxylic acid groups (broad SMARTS) is 2. The zero-order valence-electron chi connectivity index (χ0n) is 18.8. The predicted molar refractivity (Wildman–Crippen MR) is 120 cm³/mol. The molecule has 0 aromatic carbocycles. The molecule has 4 rings (SSSR count). The van der Waals surface area contributed by atoms with Crippen LogP contribution in [0.15, 0.2) is 18.2 Å². The number of piperidine rings is 2. The molecule has 1 aromatic heterocycles. The lowest BCUT2D eigenvalue weighted by Crippen LogP contribution is -2.47. The lowest BCUT2D eigenvalue weighted by Gasteiger charge is -2.40. The fourth-order valence-electron chi connectivity index (χ4n) is 4.68. The minimum Gasteiger partial charge on any atom is -0.478 e. The van der Waals surface area contributed by atoms with Gasteiger partial charge in [-0.25, -0.2) is 9.59 Å². The summed E-state index contributed by atoms with van der Waals surface area (Å²) in [5, 5.41) is 20.2. The molecule has 0 radical (unpaired) electrons. The van der Waals surface area contributed by atoms with Gasteiger partial charge in [0.05, 0.1) is 0 Å². The van der Waals surface area contributed by atoms with Gasteiger partial charge >= 0.3 is 11.9 Å². The van der Waals surface area contributed by atoms with Crippen LogP contribution < -0.4 is 4.74 Å². The Bertz CT molecular complexity index is 725. The number of aliphatic carboxylic acids is 2. The fourth-order valence-corrected chi connectivity index (χ4v) is 4.68. The van der Waals surface area contributed by atoms with Gasteiger partial charge in [0.2, 0.25) is 5.88 Å². The monoisotopic (exact) mass is 448 g/mol. The van der Waals surface area contributed by atoms with Gasteiger partial charge in [-0.3, -0.25) is 9.58 Å². The van der Waals surface area contributed by atoms with Gasteiger partial charge < -0.3 is 19.8 Å². The van der Waals surface area contributed by atoms with E-state index in [1.54, 1.807) is 0 Å². The third-order valence-corrected chi connectivity index (χ3v) is 6.38. The molecule has 2 saturated heterocycles. The summed E-state index contributed by atoms with van der Waals surface area (Å²) in [5.74, 6) is -1.69. The number of rotatable bonds is 7. The minimum atomic E-state index is -1.26. The largest absolute Gasteiger partial charge is 0.478 e. The van der Waals surface area contributed by atoms with Crippen molar-refractivity contribution in [2.24, 2.45) is 0 Å². The van der Waals surface area contributed by atoms with E-state index in [9.17, 15) is 9.59 Å². The van der Waals surface area contributed by atoms with Crippen LogP contribution in [-0.4, -0.2) is 87.1 Å². The predicted octanol–water partition coefficient (Wildman–Crippen LogP) is 2.26. The minimum absolute atomic E-state index is 0.558. The molecule has 0 saturated carbocycles. The summed E-state index contributed by atoms with van der Waals surface area (Å²) >= 11 is 0. The Morgan fingerprint density at radius 1 is 0.969 bits per heavy atom. The van der Waals surface area contributed by atoms with Crippen molar-refractivity contribution in [2.45, 2.75) is 64.0 Å². The number of likely N-dealkylation sites (tertiary alicyclic amines) is 2. The van der Waals surface area contributed by atoms with E-state index in [0.717, 1.165) is 38.0 Å². The highest BCUT2D eigenvalue weighted by atomic mass is 16.5. The van der Waals surface area contributed by atoms with Gasteiger partial charge in [-0.2, -0.15) is 0 Å². The van der Waals surface area contributed by atoms with Crippen LogP contribution in [0.3, 0.4) is 0 Å². The number of aryl methyl sites for hydroxylation is 2. The van der Waals surface area contributed by atoms with E-state index in [0.29, 0.717) is 12.2 Å². The Balaban J connectivity index is 0.000000312. The summed E-state index contributed by atoms with van der Waals surface area (Å²) in [5.41, 5.74) is 1.35. The summed E-state index contributed by atoms with van der Waals surface area (Å²) in [6, 6.07) is 2.98. The first-order chi connectivity index (χ1) is 15.5. The van der Waals surface area contributed by atoms with Crippen molar-refractivity contribution in [1.29, 1.82) is 0 Å². The number of carboxylic acids is 2. The zero-order chi connectivity index (χ0) is 22.8. The quantitative estimate of drug-likeness (QED) is 0.612. The first-order valence-electron chi connectivity index (χ1n) is 11.8. The van der Waals surface area contributed by atoms with Crippen LogP contribution in [0.5, 0.6) is 5.88 Å². The Morgan fingerprint density at radius 2 is 1.62 bits per heavy atom. The molecule has 0 unspecified atom stereocenters. The van der Waals surface area contributed by atoms with Gasteiger partial charge in [0.25, 0.3) is 0 Å². The topological polar surface area (TPSA) is 108 Å². The van der Waals surface area contributed by atoms with Crippen molar-refractivity contribution < 1.29 is 24.5 Å². The fraction of sp³-hybridized carbons (Fsp3) is 0.696. The molecular weight excluding hydrogens is 412 g/mol. The molecule has 0 spiro atoms. The standard InChI is InChI=1S/C19H32N4O.C4H4O4/c1-3-9-22(10-4-1)17-7-12-21(13-8-17)14-15-24-19-16-18-6-2-5-11-23(18)20-19;5-3(6)1-2-4(7)8/h16-17H,1-15H2;1-2H,(H,5,6)(H,7,8). The van der Waals surface area contributed by atoms with Crippen molar-refractivity contribution >= 4 is 11.9 Å². The van der Waals surface area contributed by atoms with Crippen molar-refractivity contribution in [2.75, 3.05) is 39.3 Å². The van der Waals surface area contributed by atoms with E-state index in [4.69, 9.17) is 14.9 Å². The van der Waals surface area contributed by atoms with E-state index >= 15 is 0 Å². The normalized spacial score (nSPS) is 20.4. The molecule has 0 atom stereocenters. The maximum atomic E-state index is 9.55. The first-order valence-corrected chi connectivity index (χ1v) is 11.8. The third kappa shape index (κ3) is 7.94. The van der Waals surface area contributed by atoms with Crippen molar-refractivity contribution in [1.82, 2.24) is 19.6 Å². The molecule has 178 valence electrons. The van der Waals surface area contributed by atoms with Crippen LogP contribution in [0, 0.1) is 0 Å². The number of ether oxygens (including phenoxy) is 1. The summed E-state index contributed by atoms with van der Waals surface area (Å²) in [6.45, 7) is 7.98. The Labute approximate surface area is 189 Å². The summed E-state index contributed by atoms with van der Waals surface area (Å²) in [4.78, 5) is 24.4. The number of fused-ring (bicyclic) bond motifs is 1. The smallest absolute Gasteiger partial charge is 0.328 e. The summed E-state index contributed by atoms with van der Waals surface area (Å²) in [6.07, 6.45) is 11.7. The summed E-state index contributed by atoms with van der Waals surface area (Å²) in [7, 11) is 0. The molecule has 1 aromatic rings. The van der Waals surface area contributed by atoms with Gasteiger partial charge in [0, 0.05) is 43.0 Å². The van der Waals surface area contributed by atoms with Crippen molar-refractivity contribution in [3.63, 3.8) is 0 Å². The van der Waals surface area contributed by atoms with Gasteiger partial charge in [0.15, 0.2) is 0 Å². The number of hydrogen-bond acceptors (Lipinski definition) is 6. The molecule has 32 heavy (non-hydrogen) atoms. The average Bonchev–Trinajstić information content (AvgIpc) is 3.22. The van der Waals surface area contributed by atoms with Gasteiger partial charge in [-0.05, 0) is 71.1 Å². The van der Waals surface area contributed by atoms with Crippen LogP contribution in [0.4, 0.5) is 0 Å². The number of carbonyl (C=O) groups is 2. The van der Waals surface area contributed by atoms with Crippen LogP contribution in [0.25, 0.3) is 0 Å². The number of nitrogens with zero attached hydrogens (tertiary/aromatic N) is 4. The van der Waals surface area contributed by atoms with Gasteiger partial charge in [-0.1, -0.05) is 6.42 Å². The average molecular weight is 449 g/mol. The highest BCUT2D eigenvalue weighted by molar-refractivity contribution is 5.89. The highest BCUT2D eigenvalue weighted by Crippen LogP contribution is 2.21. The van der Waals surface area contributed by atoms with E-state index in [1.807, 2.05) is 0 Å². The van der Waals surface area contributed by atoms with Crippen molar-refractivity contribution in [3.05, 3.63) is 23.9 Å². The van der Waals surface area contributed by atoms with Crippen molar-refractivity contribution in [3.8, 4) is 5.88 Å². The van der Waals surface area contributed by atoms with Crippen LogP contribution in [0.1, 0.15) is 50.6 Å².